The van der Waals surface area contributed by atoms with Crippen LogP contribution in [0.3, 0.4) is 0 Å². The van der Waals surface area contributed by atoms with Gasteiger partial charge >= 0.3 is 0 Å². The molecule has 1 heterocycles. The van der Waals surface area contributed by atoms with Crippen LogP contribution in [0.25, 0.3) is 0 Å². The van der Waals surface area contributed by atoms with Gasteiger partial charge in [-0.15, -0.1) is 0 Å². The van der Waals surface area contributed by atoms with Crippen molar-refractivity contribution in [3.63, 3.8) is 0 Å². The second-order valence-corrected chi connectivity index (χ2v) is 7.44. The third-order valence-corrected chi connectivity index (χ3v) is 5.44. The molecule has 1 aliphatic heterocycles. The van der Waals surface area contributed by atoms with Crippen molar-refractivity contribution in [1.29, 1.82) is 0 Å². The van der Waals surface area contributed by atoms with Crippen LogP contribution in [0.1, 0.15) is 31.2 Å². The first kappa shape index (κ1) is 18.7. The van der Waals surface area contributed by atoms with E-state index in [2.05, 4.69) is 10.6 Å². The summed E-state index contributed by atoms with van der Waals surface area (Å²) in [6, 6.07) is 7.83. The molecule has 26 heavy (non-hydrogen) atoms. The number of rotatable bonds is 6. The Morgan fingerprint density at radius 2 is 2.04 bits per heavy atom. The van der Waals surface area contributed by atoms with Gasteiger partial charge < -0.3 is 20.1 Å². The number of carbonyl (C=O) groups excluding carboxylic acids is 2. The Hall–Kier alpha value is -2.08. The van der Waals surface area contributed by atoms with Crippen molar-refractivity contribution < 1.29 is 19.1 Å². The number of methoxy groups -OCH3 is 1. The first-order valence-corrected chi connectivity index (χ1v) is 9.32. The minimum Gasteiger partial charge on any atom is -0.484 e. The Balaban J connectivity index is 1.48. The fraction of sp³-hybridized carbons (Fsp3) is 0.600. The Labute approximate surface area is 154 Å². The molecule has 2 aliphatic rings. The molecule has 4 atom stereocenters. The van der Waals surface area contributed by atoms with E-state index in [1.54, 1.807) is 7.11 Å². The van der Waals surface area contributed by atoms with Gasteiger partial charge in [0, 0.05) is 32.2 Å². The SMILES string of the molecule is COCC1CC(=O)NC2CC(NC(=O)COc3ccc(C)cc3)CCC12. The molecule has 2 N–H and O–H groups in total. The Bertz CT molecular complexity index is 631. The maximum atomic E-state index is 12.2. The summed E-state index contributed by atoms with van der Waals surface area (Å²) < 4.78 is 10.8. The first-order chi connectivity index (χ1) is 12.5. The molecule has 2 amide bonds. The van der Waals surface area contributed by atoms with Gasteiger partial charge in [0.2, 0.25) is 5.91 Å². The van der Waals surface area contributed by atoms with Crippen molar-refractivity contribution in [2.45, 2.75) is 44.7 Å². The van der Waals surface area contributed by atoms with Gasteiger partial charge in [0.05, 0.1) is 0 Å². The topological polar surface area (TPSA) is 76.7 Å². The van der Waals surface area contributed by atoms with E-state index in [9.17, 15) is 9.59 Å². The lowest BCUT2D eigenvalue weighted by molar-refractivity contribution is -0.128. The van der Waals surface area contributed by atoms with Gasteiger partial charge in [0.25, 0.3) is 5.91 Å². The van der Waals surface area contributed by atoms with Gasteiger partial charge in [0.15, 0.2) is 6.61 Å². The highest BCUT2D eigenvalue weighted by atomic mass is 16.5. The van der Waals surface area contributed by atoms with Crippen LogP contribution in [0, 0.1) is 18.8 Å². The summed E-state index contributed by atoms with van der Waals surface area (Å²) in [6.07, 6.45) is 3.22. The van der Waals surface area contributed by atoms with Crippen LogP contribution in [-0.4, -0.2) is 44.2 Å². The van der Waals surface area contributed by atoms with Gasteiger partial charge in [-0.1, -0.05) is 17.7 Å². The summed E-state index contributed by atoms with van der Waals surface area (Å²) in [7, 11) is 1.68. The van der Waals surface area contributed by atoms with E-state index in [-0.39, 0.29) is 36.4 Å². The quantitative estimate of drug-likeness (QED) is 0.811. The summed E-state index contributed by atoms with van der Waals surface area (Å²) in [5.74, 6) is 1.37. The van der Waals surface area contributed by atoms with Gasteiger partial charge in [-0.25, -0.2) is 0 Å². The second-order valence-electron chi connectivity index (χ2n) is 7.44. The average Bonchev–Trinajstić information content (AvgIpc) is 2.61. The summed E-state index contributed by atoms with van der Waals surface area (Å²) >= 11 is 0. The first-order valence-electron chi connectivity index (χ1n) is 9.32. The molecule has 1 aliphatic carbocycles. The van der Waals surface area contributed by atoms with Crippen LogP contribution in [0.4, 0.5) is 0 Å². The van der Waals surface area contributed by atoms with E-state index in [4.69, 9.17) is 9.47 Å². The largest absolute Gasteiger partial charge is 0.484 e. The molecule has 1 saturated heterocycles. The minimum atomic E-state index is -0.121. The summed E-state index contributed by atoms with van der Waals surface area (Å²) in [6.45, 7) is 2.64. The molecule has 142 valence electrons. The average molecular weight is 360 g/mol. The number of benzene rings is 1. The van der Waals surface area contributed by atoms with E-state index >= 15 is 0 Å². The number of piperidine rings is 1. The second kappa shape index (κ2) is 8.54. The Morgan fingerprint density at radius 1 is 1.27 bits per heavy atom. The molecule has 0 bridgehead atoms. The van der Waals surface area contributed by atoms with Crippen molar-refractivity contribution in [2.75, 3.05) is 20.3 Å². The molecule has 0 radical (unpaired) electrons. The van der Waals surface area contributed by atoms with E-state index < -0.39 is 0 Å². The van der Waals surface area contributed by atoms with Gasteiger partial charge in [-0.2, -0.15) is 0 Å². The number of fused-ring (bicyclic) bond motifs is 1. The number of aryl methyl sites for hydroxylation is 1. The van der Waals surface area contributed by atoms with Crippen LogP contribution in [-0.2, 0) is 14.3 Å². The lowest BCUT2D eigenvalue weighted by atomic mass is 9.71. The smallest absolute Gasteiger partial charge is 0.258 e. The fourth-order valence-corrected chi connectivity index (χ4v) is 4.16. The summed E-state index contributed by atoms with van der Waals surface area (Å²) in [4.78, 5) is 24.1. The van der Waals surface area contributed by atoms with Crippen LogP contribution < -0.4 is 15.4 Å². The standard InChI is InChI=1S/C20H28N2O4/c1-13-3-6-16(7-4-13)26-12-20(24)21-15-5-8-17-14(11-25-2)9-19(23)22-18(17)10-15/h3-4,6-7,14-15,17-18H,5,8-12H2,1-2H3,(H,21,24)(H,22,23). The lowest BCUT2D eigenvalue weighted by Gasteiger charge is -2.43. The van der Waals surface area contributed by atoms with Crippen LogP contribution >= 0.6 is 0 Å². The minimum absolute atomic E-state index is 0.00626. The Kier molecular flexibility index (Phi) is 6.14. The van der Waals surface area contributed by atoms with Crippen LogP contribution in [0.5, 0.6) is 5.75 Å². The number of hydrogen-bond donors (Lipinski definition) is 2. The van der Waals surface area contributed by atoms with Crippen molar-refractivity contribution in [3.05, 3.63) is 29.8 Å². The normalized spacial score (nSPS) is 28.0. The maximum absolute atomic E-state index is 12.2. The number of nitrogens with one attached hydrogen (secondary N) is 2. The Morgan fingerprint density at radius 3 is 2.77 bits per heavy atom. The number of ether oxygens (including phenoxy) is 2. The number of amides is 2. The molecule has 2 fully saturated rings. The van der Waals surface area contributed by atoms with Crippen molar-refractivity contribution in [1.82, 2.24) is 10.6 Å². The molecule has 1 aromatic rings. The monoisotopic (exact) mass is 360 g/mol. The molecular weight excluding hydrogens is 332 g/mol. The van der Waals surface area contributed by atoms with E-state index in [1.165, 1.54) is 0 Å². The molecule has 1 saturated carbocycles. The number of carbonyl (C=O) groups is 2. The summed E-state index contributed by atoms with van der Waals surface area (Å²) in [5, 5.41) is 6.14. The zero-order valence-corrected chi connectivity index (χ0v) is 15.5. The predicted octanol–water partition coefficient (Wildman–Crippen LogP) is 1.81. The predicted molar refractivity (Wildman–Crippen MR) is 97.9 cm³/mol. The third kappa shape index (κ3) is 4.75. The molecule has 6 nitrogen and oxygen atoms in total. The van der Waals surface area contributed by atoms with Crippen molar-refractivity contribution in [2.24, 2.45) is 11.8 Å². The highest BCUT2D eigenvalue weighted by molar-refractivity contribution is 5.78. The van der Waals surface area contributed by atoms with Crippen molar-refractivity contribution >= 4 is 11.8 Å². The highest BCUT2D eigenvalue weighted by Crippen LogP contribution is 2.35. The van der Waals surface area contributed by atoms with Gasteiger partial charge in [0.1, 0.15) is 5.75 Å². The van der Waals surface area contributed by atoms with Gasteiger partial charge in [-0.05, 0) is 50.2 Å². The maximum Gasteiger partial charge on any atom is 0.258 e. The lowest BCUT2D eigenvalue weighted by Crippen LogP contribution is -2.56. The molecular formula is C20H28N2O4. The van der Waals surface area contributed by atoms with Crippen LogP contribution in [0.2, 0.25) is 0 Å². The zero-order valence-electron chi connectivity index (χ0n) is 15.5. The third-order valence-electron chi connectivity index (χ3n) is 5.44. The van der Waals surface area contributed by atoms with E-state index in [1.807, 2.05) is 31.2 Å². The van der Waals surface area contributed by atoms with E-state index in [0.29, 0.717) is 24.7 Å². The van der Waals surface area contributed by atoms with E-state index in [0.717, 1.165) is 24.8 Å². The fourth-order valence-electron chi connectivity index (χ4n) is 4.16. The van der Waals surface area contributed by atoms with Gasteiger partial charge in [-0.3, -0.25) is 9.59 Å². The molecule has 4 unspecified atom stereocenters. The summed E-state index contributed by atoms with van der Waals surface area (Å²) in [5.41, 5.74) is 1.15. The molecule has 0 spiro atoms. The van der Waals surface area contributed by atoms with Crippen molar-refractivity contribution in [3.8, 4) is 5.75 Å². The highest BCUT2D eigenvalue weighted by Gasteiger charge is 2.40. The molecule has 3 rings (SSSR count). The molecule has 6 heteroatoms. The molecule has 0 aromatic heterocycles. The molecule has 1 aromatic carbocycles. The zero-order chi connectivity index (χ0) is 18.5. The number of hydrogen-bond acceptors (Lipinski definition) is 4. The van der Waals surface area contributed by atoms with Crippen LogP contribution in [0.15, 0.2) is 24.3 Å².